The number of alkyl halides is 6. The van der Waals surface area contributed by atoms with E-state index in [1.54, 1.807) is 6.08 Å². The third-order valence-electron chi connectivity index (χ3n) is 8.10. The minimum atomic E-state index is -4.95. The van der Waals surface area contributed by atoms with E-state index in [4.69, 9.17) is 9.47 Å². The number of carbonyl (C=O) groups is 1. The van der Waals surface area contributed by atoms with Crippen molar-refractivity contribution >= 4 is 28.4 Å². The molecule has 2 heterocycles. The van der Waals surface area contributed by atoms with Gasteiger partial charge in [-0.3, -0.25) is 4.79 Å². The molecular formula is C29H28F6INO3. The van der Waals surface area contributed by atoms with Gasteiger partial charge in [0, 0.05) is 46.7 Å². The lowest BCUT2D eigenvalue weighted by Gasteiger charge is -2.41. The molecule has 5 rings (SSSR count). The lowest BCUT2D eigenvalue weighted by molar-refractivity contribution is -0.217. The van der Waals surface area contributed by atoms with Crippen LogP contribution in [-0.2, 0) is 26.6 Å². The lowest BCUT2D eigenvalue weighted by Crippen LogP contribution is -2.42. The smallest absolute Gasteiger partial charge is 0.374 e. The number of halogens is 7. The maximum Gasteiger partial charge on any atom is 0.416 e. The summed E-state index contributed by atoms with van der Waals surface area (Å²) in [4.78, 5) is 14.1. The number of allylic oxidation sites excluding steroid dienone is 2. The number of ketones is 1. The van der Waals surface area contributed by atoms with Crippen LogP contribution >= 0.6 is 22.6 Å². The van der Waals surface area contributed by atoms with E-state index in [0.717, 1.165) is 20.4 Å². The second kappa shape index (κ2) is 10.9. The standard InChI is InChI=1S/C29H28F6INO3/c1-15-3-4-21(36)10-24(15)26-25-13-37(22-5-6-23(38)11-22)12-18(25)14-39-27(26)40-16(2)17-7-19(28(30,31)32)9-20(8-17)29(33,34)35/h3-4,7-11,16,18,25-27H,5-6,12-14H2,1-2H3/t16-,18+,25-,26+,27-/m1/s1. The Morgan fingerprint density at radius 1 is 1.00 bits per heavy atom. The van der Waals surface area contributed by atoms with Crippen LogP contribution in [0.3, 0.4) is 0 Å². The molecule has 4 nitrogen and oxygen atoms in total. The molecule has 2 fully saturated rings. The molecule has 3 aliphatic rings. The zero-order valence-corrected chi connectivity index (χ0v) is 23.9. The number of aryl methyl sites for hydroxylation is 1. The maximum atomic E-state index is 13.5. The second-order valence-corrected chi connectivity index (χ2v) is 12.0. The topological polar surface area (TPSA) is 38.8 Å². The minimum Gasteiger partial charge on any atom is -0.374 e. The number of fused-ring (bicyclic) bond motifs is 1. The Morgan fingerprint density at radius 3 is 2.27 bits per heavy atom. The molecule has 40 heavy (non-hydrogen) atoms. The van der Waals surface area contributed by atoms with E-state index in [1.807, 2.05) is 25.1 Å². The molecule has 0 bridgehead atoms. The molecule has 2 aliphatic heterocycles. The van der Waals surface area contributed by atoms with Crippen molar-refractivity contribution in [3.8, 4) is 0 Å². The van der Waals surface area contributed by atoms with Gasteiger partial charge >= 0.3 is 12.4 Å². The van der Waals surface area contributed by atoms with Crippen molar-refractivity contribution in [2.75, 3.05) is 19.7 Å². The van der Waals surface area contributed by atoms with E-state index < -0.39 is 35.9 Å². The number of carbonyl (C=O) groups excluding carboxylic acids is 1. The summed E-state index contributed by atoms with van der Waals surface area (Å²) in [6.07, 6.45) is -9.05. The summed E-state index contributed by atoms with van der Waals surface area (Å²) in [7, 11) is 0. The zero-order valence-electron chi connectivity index (χ0n) is 21.8. The highest BCUT2D eigenvalue weighted by atomic mass is 127. The van der Waals surface area contributed by atoms with E-state index in [1.165, 1.54) is 6.92 Å². The first-order valence-electron chi connectivity index (χ1n) is 13.0. The molecule has 0 unspecified atom stereocenters. The first-order valence-corrected chi connectivity index (χ1v) is 14.1. The molecule has 11 heteroatoms. The van der Waals surface area contributed by atoms with Gasteiger partial charge in [-0.25, -0.2) is 0 Å². The monoisotopic (exact) mass is 679 g/mol. The van der Waals surface area contributed by atoms with E-state index in [2.05, 4.69) is 27.5 Å². The molecule has 0 spiro atoms. The van der Waals surface area contributed by atoms with Gasteiger partial charge in [0.05, 0.1) is 23.8 Å². The number of hydrogen-bond acceptors (Lipinski definition) is 4. The summed E-state index contributed by atoms with van der Waals surface area (Å²) in [5.41, 5.74) is -0.0395. The van der Waals surface area contributed by atoms with E-state index in [-0.39, 0.29) is 35.2 Å². The van der Waals surface area contributed by atoms with Crippen LogP contribution in [0, 0.1) is 22.3 Å². The van der Waals surface area contributed by atoms with Crippen molar-refractivity contribution in [2.45, 2.75) is 57.4 Å². The molecule has 0 radical (unpaired) electrons. The first-order chi connectivity index (χ1) is 18.7. The van der Waals surface area contributed by atoms with Gasteiger partial charge in [0.1, 0.15) is 0 Å². The molecular weight excluding hydrogens is 651 g/mol. The van der Waals surface area contributed by atoms with Crippen molar-refractivity contribution in [3.05, 3.63) is 79.6 Å². The Labute approximate surface area is 241 Å². The first kappa shape index (κ1) is 29.4. The van der Waals surface area contributed by atoms with Crippen LogP contribution in [-0.4, -0.2) is 36.7 Å². The molecule has 5 atom stereocenters. The molecule has 2 aromatic rings. The highest BCUT2D eigenvalue weighted by molar-refractivity contribution is 14.1. The predicted octanol–water partition coefficient (Wildman–Crippen LogP) is 7.65. The lowest BCUT2D eigenvalue weighted by atomic mass is 9.76. The van der Waals surface area contributed by atoms with Crippen LogP contribution < -0.4 is 0 Å². The normalized spacial score (nSPS) is 26.2. The summed E-state index contributed by atoms with van der Waals surface area (Å²) in [6, 6.07) is 7.51. The van der Waals surface area contributed by atoms with E-state index in [0.29, 0.717) is 44.7 Å². The largest absolute Gasteiger partial charge is 0.416 e. The molecule has 2 aromatic carbocycles. The van der Waals surface area contributed by atoms with Gasteiger partial charge in [0.15, 0.2) is 12.1 Å². The highest BCUT2D eigenvalue weighted by Gasteiger charge is 2.48. The number of hydrogen-bond donors (Lipinski definition) is 0. The summed E-state index contributed by atoms with van der Waals surface area (Å²) >= 11 is 2.21. The van der Waals surface area contributed by atoms with Crippen molar-refractivity contribution in [1.29, 1.82) is 0 Å². The van der Waals surface area contributed by atoms with Crippen LogP contribution in [0.4, 0.5) is 26.3 Å². The number of rotatable bonds is 5. The molecule has 216 valence electrons. The molecule has 0 amide bonds. The van der Waals surface area contributed by atoms with Gasteiger partial charge in [-0.2, -0.15) is 26.3 Å². The quantitative estimate of drug-likeness (QED) is 0.241. The van der Waals surface area contributed by atoms with Crippen LogP contribution in [0.15, 0.2) is 48.2 Å². The average molecular weight is 679 g/mol. The molecule has 2 saturated heterocycles. The van der Waals surface area contributed by atoms with Crippen LogP contribution in [0.5, 0.6) is 0 Å². The van der Waals surface area contributed by atoms with Crippen LogP contribution in [0.1, 0.15) is 59.6 Å². The van der Waals surface area contributed by atoms with Gasteiger partial charge in [0.2, 0.25) is 0 Å². The van der Waals surface area contributed by atoms with Crippen molar-refractivity contribution in [3.63, 3.8) is 0 Å². The van der Waals surface area contributed by atoms with Gasteiger partial charge in [0.25, 0.3) is 0 Å². The number of likely N-dealkylation sites (tertiary alicyclic amines) is 1. The molecule has 0 saturated carbocycles. The Kier molecular flexibility index (Phi) is 8.03. The highest BCUT2D eigenvalue weighted by Crippen LogP contribution is 2.47. The molecule has 1 aliphatic carbocycles. The van der Waals surface area contributed by atoms with Crippen molar-refractivity contribution in [1.82, 2.24) is 4.90 Å². The fourth-order valence-corrected chi connectivity index (χ4v) is 6.55. The zero-order chi connectivity index (χ0) is 29.0. The Balaban J connectivity index is 1.48. The Bertz CT molecular complexity index is 1290. The van der Waals surface area contributed by atoms with Gasteiger partial charge < -0.3 is 14.4 Å². The van der Waals surface area contributed by atoms with Crippen molar-refractivity contribution < 1.29 is 40.6 Å². The number of ether oxygens (including phenoxy) is 2. The van der Waals surface area contributed by atoms with Gasteiger partial charge in [-0.1, -0.05) is 6.07 Å². The Morgan fingerprint density at radius 2 is 1.68 bits per heavy atom. The molecule has 0 aromatic heterocycles. The SMILES string of the molecule is Cc1ccc(I)cc1[C@@H]1[C@@H](O[C@H](C)c2cc(C(F)(F)F)cc(C(F)(F)F)c2)OC[C@@H]2CN(C3=CC(=O)CC3)C[C@H]21. The predicted molar refractivity (Wildman–Crippen MR) is 143 cm³/mol. The summed E-state index contributed by atoms with van der Waals surface area (Å²) < 4.78 is 94.4. The number of benzene rings is 2. The average Bonchev–Trinajstić information content (AvgIpc) is 3.50. The van der Waals surface area contributed by atoms with Gasteiger partial charge in [-0.05, 0) is 95.8 Å². The van der Waals surface area contributed by atoms with Crippen LogP contribution in [0.25, 0.3) is 0 Å². The Hall–Kier alpha value is -2.12. The van der Waals surface area contributed by atoms with Gasteiger partial charge in [-0.15, -0.1) is 0 Å². The number of nitrogens with zero attached hydrogens (tertiary/aromatic N) is 1. The van der Waals surface area contributed by atoms with Crippen molar-refractivity contribution in [2.24, 2.45) is 11.8 Å². The molecule has 0 N–H and O–H groups in total. The minimum absolute atomic E-state index is 0.0479. The van der Waals surface area contributed by atoms with Crippen LogP contribution in [0.2, 0.25) is 0 Å². The second-order valence-electron chi connectivity index (χ2n) is 10.8. The third kappa shape index (κ3) is 6.06. The maximum absolute atomic E-state index is 13.5. The van der Waals surface area contributed by atoms with E-state index in [9.17, 15) is 31.1 Å². The fraction of sp³-hybridized carbons (Fsp3) is 0.483. The third-order valence-corrected chi connectivity index (χ3v) is 8.77. The summed E-state index contributed by atoms with van der Waals surface area (Å²) in [6.45, 7) is 5.09. The summed E-state index contributed by atoms with van der Waals surface area (Å²) in [5.74, 6) is -0.0434. The fourth-order valence-electron chi connectivity index (χ4n) is 6.03. The van der Waals surface area contributed by atoms with E-state index >= 15 is 0 Å². The summed E-state index contributed by atoms with van der Waals surface area (Å²) in [5, 5.41) is 0.